The standard InChI is InChI=1S/C13H17N3S/c1-2-12-9-16(5-6-17-12)11-4-3-10(8-14)13(15)7-11/h3-4,7,12H,2,5-6,9,15H2,1H3. The summed E-state index contributed by atoms with van der Waals surface area (Å²) < 4.78 is 0. The molecule has 1 heterocycles. The van der Waals surface area contributed by atoms with Crippen molar-refractivity contribution in [2.45, 2.75) is 18.6 Å². The van der Waals surface area contributed by atoms with Crippen molar-refractivity contribution in [1.82, 2.24) is 0 Å². The molecule has 1 saturated heterocycles. The van der Waals surface area contributed by atoms with E-state index < -0.39 is 0 Å². The number of anilines is 2. The van der Waals surface area contributed by atoms with Gasteiger partial charge in [0.2, 0.25) is 0 Å². The lowest BCUT2D eigenvalue weighted by atomic mass is 10.1. The van der Waals surface area contributed by atoms with Crippen LogP contribution < -0.4 is 10.6 Å². The van der Waals surface area contributed by atoms with E-state index >= 15 is 0 Å². The molecule has 0 amide bonds. The molecule has 2 N–H and O–H groups in total. The molecular weight excluding hydrogens is 230 g/mol. The number of nitriles is 1. The topological polar surface area (TPSA) is 53.0 Å². The molecule has 1 unspecified atom stereocenters. The molecule has 0 aromatic heterocycles. The zero-order chi connectivity index (χ0) is 12.3. The van der Waals surface area contributed by atoms with Gasteiger partial charge in [0.1, 0.15) is 6.07 Å². The Balaban J connectivity index is 2.17. The Morgan fingerprint density at radius 3 is 3.06 bits per heavy atom. The minimum atomic E-state index is 0.562. The SMILES string of the molecule is CCC1CN(c2ccc(C#N)c(N)c2)CCS1. The number of benzene rings is 1. The average molecular weight is 247 g/mol. The first-order chi connectivity index (χ1) is 8.24. The molecule has 0 bridgehead atoms. The van der Waals surface area contributed by atoms with Gasteiger partial charge in [-0.3, -0.25) is 0 Å². The van der Waals surface area contributed by atoms with Crippen LogP contribution in [0.4, 0.5) is 11.4 Å². The van der Waals surface area contributed by atoms with Crippen molar-refractivity contribution in [3.8, 4) is 6.07 Å². The van der Waals surface area contributed by atoms with Gasteiger partial charge in [-0.1, -0.05) is 6.92 Å². The number of hydrogen-bond acceptors (Lipinski definition) is 4. The summed E-state index contributed by atoms with van der Waals surface area (Å²) in [5.74, 6) is 1.17. The summed E-state index contributed by atoms with van der Waals surface area (Å²) >= 11 is 2.05. The van der Waals surface area contributed by atoms with Crippen molar-refractivity contribution >= 4 is 23.1 Å². The third-order valence-electron chi connectivity index (χ3n) is 3.11. The summed E-state index contributed by atoms with van der Waals surface area (Å²) in [5, 5.41) is 9.56. The monoisotopic (exact) mass is 247 g/mol. The van der Waals surface area contributed by atoms with Crippen molar-refractivity contribution in [2.24, 2.45) is 0 Å². The second-order valence-corrected chi connectivity index (χ2v) is 5.64. The lowest BCUT2D eigenvalue weighted by molar-refractivity contribution is 0.728. The first-order valence-electron chi connectivity index (χ1n) is 5.90. The maximum Gasteiger partial charge on any atom is 0.101 e. The molecule has 0 radical (unpaired) electrons. The number of nitrogens with zero attached hydrogens (tertiary/aromatic N) is 2. The van der Waals surface area contributed by atoms with Crippen molar-refractivity contribution in [3.63, 3.8) is 0 Å². The van der Waals surface area contributed by atoms with Gasteiger partial charge in [-0.25, -0.2) is 0 Å². The first-order valence-corrected chi connectivity index (χ1v) is 6.95. The van der Waals surface area contributed by atoms with E-state index in [0.29, 0.717) is 16.5 Å². The molecule has 17 heavy (non-hydrogen) atoms. The van der Waals surface area contributed by atoms with E-state index in [1.54, 1.807) is 0 Å². The number of thioether (sulfide) groups is 1. The lowest BCUT2D eigenvalue weighted by Gasteiger charge is -2.33. The number of nitrogen functional groups attached to an aromatic ring is 1. The lowest BCUT2D eigenvalue weighted by Crippen LogP contribution is -2.37. The normalized spacial score (nSPS) is 20.0. The van der Waals surface area contributed by atoms with Crippen LogP contribution in [0.1, 0.15) is 18.9 Å². The maximum atomic E-state index is 8.85. The zero-order valence-electron chi connectivity index (χ0n) is 10.0. The van der Waals surface area contributed by atoms with Crippen LogP contribution in [0.5, 0.6) is 0 Å². The number of hydrogen-bond donors (Lipinski definition) is 1. The molecule has 90 valence electrons. The van der Waals surface area contributed by atoms with Gasteiger partial charge in [-0.15, -0.1) is 0 Å². The summed E-state index contributed by atoms with van der Waals surface area (Å²) in [6.45, 7) is 4.37. The van der Waals surface area contributed by atoms with Crippen LogP contribution in [-0.2, 0) is 0 Å². The van der Waals surface area contributed by atoms with E-state index in [9.17, 15) is 0 Å². The van der Waals surface area contributed by atoms with Crippen molar-refractivity contribution < 1.29 is 0 Å². The predicted octanol–water partition coefficient (Wildman–Crippen LogP) is 2.47. The molecule has 0 aliphatic carbocycles. The van der Waals surface area contributed by atoms with Crippen LogP contribution in [0.2, 0.25) is 0 Å². The van der Waals surface area contributed by atoms with Gasteiger partial charge >= 0.3 is 0 Å². The van der Waals surface area contributed by atoms with Crippen LogP contribution in [0, 0.1) is 11.3 Å². The largest absolute Gasteiger partial charge is 0.398 e. The Kier molecular flexibility index (Phi) is 3.80. The molecule has 0 spiro atoms. The van der Waals surface area contributed by atoms with Crippen molar-refractivity contribution in [1.29, 1.82) is 5.26 Å². The van der Waals surface area contributed by atoms with Crippen LogP contribution in [0.25, 0.3) is 0 Å². The molecule has 1 aliphatic rings. The van der Waals surface area contributed by atoms with E-state index in [0.717, 1.165) is 18.8 Å². The Morgan fingerprint density at radius 2 is 2.41 bits per heavy atom. The van der Waals surface area contributed by atoms with Gasteiger partial charge in [0.15, 0.2) is 0 Å². The highest BCUT2D eigenvalue weighted by molar-refractivity contribution is 8.00. The van der Waals surface area contributed by atoms with Gasteiger partial charge in [0, 0.05) is 29.8 Å². The molecular formula is C13H17N3S. The third kappa shape index (κ3) is 2.67. The van der Waals surface area contributed by atoms with Crippen LogP contribution >= 0.6 is 11.8 Å². The quantitative estimate of drug-likeness (QED) is 0.816. The fourth-order valence-electron chi connectivity index (χ4n) is 2.05. The van der Waals surface area contributed by atoms with Gasteiger partial charge in [-0.05, 0) is 24.6 Å². The second-order valence-electron chi connectivity index (χ2n) is 4.23. The van der Waals surface area contributed by atoms with E-state index in [1.165, 1.54) is 12.2 Å². The molecule has 0 saturated carbocycles. The summed E-state index contributed by atoms with van der Waals surface area (Å²) in [4.78, 5) is 2.36. The molecule has 1 aromatic rings. The minimum Gasteiger partial charge on any atom is -0.398 e. The molecule has 1 aliphatic heterocycles. The number of rotatable bonds is 2. The van der Waals surface area contributed by atoms with Crippen LogP contribution in [0.3, 0.4) is 0 Å². The van der Waals surface area contributed by atoms with Crippen molar-refractivity contribution in [2.75, 3.05) is 29.5 Å². The maximum absolute atomic E-state index is 8.85. The zero-order valence-corrected chi connectivity index (χ0v) is 10.8. The summed E-state index contributed by atoms with van der Waals surface area (Å²) in [5.41, 5.74) is 8.13. The van der Waals surface area contributed by atoms with Gasteiger partial charge < -0.3 is 10.6 Å². The smallest absolute Gasteiger partial charge is 0.101 e. The predicted molar refractivity (Wildman–Crippen MR) is 74.3 cm³/mol. The minimum absolute atomic E-state index is 0.562. The summed E-state index contributed by atoms with van der Waals surface area (Å²) in [6, 6.07) is 7.83. The average Bonchev–Trinajstić information content (AvgIpc) is 2.38. The van der Waals surface area contributed by atoms with E-state index in [2.05, 4.69) is 17.9 Å². The van der Waals surface area contributed by atoms with E-state index in [4.69, 9.17) is 11.0 Å². The Bertz CT molecular complexity index is 439. The third-order valence-corrected chi connectivity index (χ3v) is 4.49. The van der Waals surface area contributed by atoms with Gasteiger partial charge in [-0.2, -0.15) is 17.0 Å². The van der Waals surface area contributed by atoms with E-state index in [-0.39, 0.29) is 0 Å². The number of nitrogens with two attached hydrogens (primary N) is 1. The Morgan fingerprint density at radius 1 is 1.59 bits per heavy atom. The molecule has 1 fully saturated rings. The second kappa shape index (κ2) is 5.33. The molecule has 1 aromatic carbocycles. The van der Waals surface area contributed by atoms with Gasteiger partial charge in [0.25, 0.3) is 0 Å². The molecule has 3 nitrogen and oxygen atoms in total. The first kappa shape index (κ1) is 12.1. The Labute approximate surface area is 107 Å². The van der Waals surface area contributed by atoms with Gasteiger partial charge in [0.05, 0.1) is 11.3 Å². The summed E-state index contributed by atoms with van der Waals surface area (Å²) in [6.07, 6.45) is 1.20. The fraction of sp³-hybridized carbons (Fsp3) is 0.462. The molecule has 1 atom stereocenters. The van der Waals surface area contributed by atoms with Crippen LogP contribution in [-0.4, -0.2) is 24.1 Å². The highest BCUT2D eigenvalue weighted by Gasteiger charge is 2.19. The summed E-state index contributed by atoms with van der Waals surface area (Å²) in [7, 11) is 0. The van der Waals surface area contributed by atoms with E-state index in [1.807, 2.05) is 30.0 Å². The van der Waals surface area contributed by atoms with Crippen LogP contribution in [0.15, 0.2) is 18.2 Å². The molecule has 2 rings (SSSR count). The fourth-order valence-corrected chi connectivity index (χ4v) is 3.23. The highest BCUT2D eigenvalue weighted by Crippen LogP contribution is 2.27. The highest BCUT2D eigenvalue weighted by atomic mass is 32.2. The Hall–Kier alpha value is -1.34. The molecule has 4 heteroatoms. The van der Waals surface area contributed by atoms with Crippen molar-refractivity contribution in [3.05, 3.63) is 23.8 Å².